The van der Waals surface area contributed by atoms with E-state index >= 15 is 0 Å². The Hall–Kier alpha value is -2.53. The maximum absolute atomic E-state index is 14.2. The lowest BCUT2D eigenvalue weighted by Gasteiger charge is -2.49. The van der Waals surface area contributed by atoms with Gasteiger partial charge in [0.1, 0.15) is 42.7 Å². The van der Waals surface area contributed by atoms with Crippen LogP contribution in [0.25, 0.3) is 0 Å². The number of aliphatic hydroxyl groups excluding tert-OH is 5. The van der Waals surface area contributed by atoms with Crippen LogP contribution in [0.2, 0.25) is 0 Å². The summed E-state index contributed by atoms with van der Waals surface area (Å²) in [4.78, 5) is 43.4. The van der Waals surface area contributed by atoms with Crippen LogP contribution in [0.1, 0.15) is 89.2 Å². The Labute approximate surface area is 456 Å². The molecule has 432 valence electrons. The van der Waals surface area contributed by atoms with Crippen molar-refractivity contribution in [3.8, 4) is 0 Å². The molecular formula is C53H89BrN8O14. The molecule has 0 aromatic heterocycles. The molecule has 4 saturated heterocycles. The summed E-state index contributed by atoms with van der Waals surface area (Å²) in [6.45, 7) is 14.0. The number of benzene rings is 1. The summed E-state index contributed by atoms with van der Waals surface area (Å²) in [6.07, 6.45) is -10.0. The highest BCUT2D eigenvalue weighted by Crippen LogP contribution is 2.40. The maximum Gasteiger partial charge on any atom is 0.332 e. The van der Waals surface area contributed by atoms with E-state index in [9.17, 15) is 45.0 Å². The number of hydrogen-bond acceptors (Lipinski definition) is 19. The fraction of sp³-hybridized carbons (Fsp3) is 0.830. The van der Waals surface area contributed by atoms with E-state index in [1.807, 2.05) is 6.92 Å². The van der Waals surface area contributed by atoms with Crippen LogP contribution < -0.4 is 37.2 Å². The lowest BCUT2D eigenvalue weighted by Crippen LogP contribution is -2.68. The van der Waals surface area contributed by atoms with Gasteiger partial charge in [-0.15, -0.1) is 0 Å². The predicted octanol–water partition coefficient (Wildman–Crippen LogP) is -0.745. The number of rotatable bonds is 21. The minimum atomic E-state index is -1.65. The van der Waals surface area contributed by atoms with Gasteiger partial charge in [-0.1, -0.05) is 54.2 Å². The van der Waals surface area contributed by atoms with Gasteiger partial charge in [0.25, 0.3) is 0 Å². The van der Waals surface area contributed by atoms with Gasteiger partial charge in [0.2, 0.25) is 11.8 Å². The van der Waals surface area contributed by atoms with Crippen LogP contribution in [-0.4, -0.2) is 218 Å². The Kier molecular flexibility index (Phi) is 24.8. The van der Waals surface area contributed by atoms with E-state index in [0.29, 0.717) is 58.4 Å². The molecule has 1 aromatic rings. The number of aliphatic hydroxyl groups is 5. The second kappa shape index (κ2) is 30.9. The Morgan fingerprint density at radius 1 is 0.789 bits per heavy atom. The zero-order valence-electron chi connectivity index (χ0n) is 44.5. The third-order valence-electron chi connectivity index (χ3n) is 16.0. The lowest BCUT2D eigenvalue weighted by molar-refractivity contribution is -0.338. The van der Waals surface area contributed by atoms with E-state index in [0.717, 1.165) is 94.6 Å². The number of piperidine rings is 1. The van der Waals surface area contributed by atoms with Gasteiger partial charge < -0.3 is 91.5 Å². The highest BCUT2D eigenvalue weighted by atomic mass is 79.9. The number of nitrogens with one attached hydrogen (secondary N) is 7. The normalized spacial score (nSPS) is 34.4. The number of amides is 2. The van der Waals surface area contributed by atoms with Crippen LogP contribution in [0.4, 0.5) is 0 Å². The van der Waals surface area contributed by atoms with Crippen molar-refractivity contribution in [2.75, 3.05) is 85.1 Å². The molecule has 14 unspecified atom stereocenters. The number of carbonyl (C=O) groups is 3. The maximum atomic E-state index is 14.2. The third kappa shape index (κ3) is 17.7. The van der Waals surface area contributed by atoms with E-state index in [4.69, 9.17) is 23.7 Å². The minimum absolute atomic E-state index is 0.0546. The fourth-order valence-corrected chi connectivity index (χ4v) is 11.7. The lowest BCUT2D eigenvalue weighted by atomic mass is 9.75. The van der Waals surface area contributed by atoms with Crippen LogP contribution >= 0.6 is 15.9 Å². The van der Waals surface area contributed by atoms with Crippen LogP contribution in [0, 0.1) is 23.7 Å². The summed E-state index contributed by atoms with van der Waals surface area (Å²) >= 11 is 3.84. The number of carboxylic acid groups (broad SMARTS) is 1. The highest BCUT2D eigenvalue weighted by Gasteiger charge is 2.53. The molecule has 0 bridgehead atoms. The van der Waals surface area contributed by atoms with Gasteiger partial charge >= 0.3 is 5.97 Å². The van der Waals surface area contributed by atoms with Crippen molar-refractivity contribution in [3.63, 3.8) is 0 Å². The van der Waals surface area contributed by atoms with E-state index < -0.39 is 110 Å². The summed E-state index contributed by atoms with van der Waals surface area (Å²) in [7, 11) is 0. The summed E-state index contributed by atoms with van der Waals surface area (Å²) in [6, 6.07) is 5.15. The highest BCUT2D eigenvalue weighted by molar-refractivity contribution is 9.10. The molecule has 0 spiro atoms. The molecule has 22 nitrogen and oxygen atoms in total. The first-order valence-corrected chi connectivity index (χ1v) is 29.0. The Bertz CT molecular complexity index is 1930. The molecule has 15 atom stereocenters. The average Bonchev–Trinajstić information content (AvgIpc) is 4.25. The van der Waals surface area contributed by atoms with Gasteiger partial charge in [-0.05, 0) is 120 Å². The SMILES string of the molecule is CCC1CC(C(=O)NCCNCc2ccc(CN3CCCNCCNCCCNCC3)c(Br)c2)CC(OC2OC(CO)C(O)C(O[C@@H](CC3CC3)C(=O)O)C2NC(=O)C2CCNCC2)C1OC1OC(C)C(O)C(O)C1O. The zero-order chi connectivity index (χ0) is 54.1. The van der Waals surface area contributed by atoms with Crippen LogP contribution in [0.15, 0.2) is 22.7 Å². The molecule has 76 heavy (non-hydrogen) atoms. The van der Waals surface area contributed by atoms with Gasteiger partial charge in [0, 0.05) is 68.7 Å². The number of nitrogens with zero attached hydrogens (tertiary/aromatic N) is 1. The van der Waals surface area contributed by atoms with Crippen molar-refractivity contribution >= 4 is 33.7 Å². The molecule has 23 heteroatoms. The topological polar surface area (TPSA) is 306 Å². The third-order valence-corrected chi connectivity index (χ3v) is 16.8. The van der Waals surface area contributed by atoms with E-state index in [-0.39, 0.29) is 30.6 Å². The van der Waals surface area contributed by atoms with Crippen LogP contribution in [0.5, 0.6) is 0 Å². The first-order valence-electron chi connectivity index (χ1n) is 28.2. The molecule has 1 aromatic carbocycles. The van der Waals surface area contributed by atoms with E-state index in [2.05, 4.69) is 76.2 Å². The Morgan fingerprint density at radius 3 is 2.21 bits per heavy atom. The molecule has 0 radical (unpaired) electrons. The molecule has 2 amide bonds. The van der Waals surface area contributed by atoms with E-state index in [1.165, 1.54) is 5.56 Å². The molecule has 2 aliphatic carbocycles. The summed E-state index contributed by atoms with van der Waals surface area (Å²) in [5.74, 6) is -3.14. The van der Waals surface area contributed by atoms with Gasteiger partial charge in [0.15, 0.2) is 18.7 Å². The first kappa shape index (κ1) is 61.1. The van der Waals surface area contributed by atoms with Crippen LogP contribution in [-0.2, 0) is 51.2 Å². The minimum Gasteiger partial charge on any atom is -0.479 e. The molecular weight excluding hydrogens is 1050 g/mol. The van der Waals surface area contributed by atoms with Crippen molar-refractivity contribution in [2.24, 2.45) is 23.7 Å². The zero-order valence-corrected chi connectivity index (χ0v) is 46.1. The van der Waals surface area contributed by atoms with Gasteiger partial charge in [-0.2, -0.15) is 0 Å². The number of carbonyl (C=O) groups excluding carboxylic acids is 2. The van der Waals surface area contributed by atoms with Crippen molar-refractivity contribution in [1.29, 1.82) is 0 Å². The average molecular weight is 1140 g/mol. The predicted molar refractivity (Wildman–Crippen MR) is 284 cm³/mol. The molecule has 6 aliphatic rings. The number of aliphatic carboxylic acids is 1. The largest absolute Gasteiger partial charge is 0.479 e. The van der Waals surface area contributed by atoms with Crippen LogP contribution in [0.3, 0.4) is 0 Å². The number of halogens is 1. The smallest absolute Gasteiger partial charge is 0.332 e. The number of hydrogen-bond donors (Lipinski definition) is 13. The monoisotopic (exact) mass is 1140 g/mol. The number of ether oxygens (including phenoxy) is 5. The molecule has 4 heterocycles. The molecule has 13 N–H and O–H groups in total. The van der Waals surface area contributed by atoms with Crippen molar-refractivity contribution < 1.29 is 68.7 Å². The van der Waals surface area contributed by atoms with Gasteiger partial charge in [-0.25, -0.2) is 4.79 Å². The molecule has 4 aliphatic heterocycles. The second-order valence-electron chi connectivity index (χ2n) is 21.8. The molecule has 7 rings (SSSR count). The molecule has 6 fully saturated rings. The Balaban J connectivity index is 1.03. The van der Waals surface area contributed by atoms with Crippen molar-refractivity contribution in [1.82, 2.24) is 42.1 Å². The quantitative estimate of drug-likeness (QED) is 0.0675. The Morgan fingerprint density at radius 2 is 1.51 bits per heavy atom. The first-order chi connectivity index (χ1) is 36.7. The van der Waals surface area contributed by atoms with Crippen molar-refractivity contribution in [3.05, 3.63) is 33.8 Å². The standard InChI is InChI=1S/C53H89BrN8O14/c1-3-34-26-37(49(68)60-20-19-59-28-33-8-9-36(38(54)24-33)29-62-22-5-14-56-18-17-55-12-4-13-57-21-23-62)27-39(47(34)76-53-46(67)45(66)43(64)31(2)72-53)74-52-42(61-50(69)35-10-15-58-16-11-35)48(44(65)41(30-63)75-52)73-40(51(70)71)25-32-6-7-32/h8-9,24,31-32,34-35,37,39-48,52-53,55-59,63-67H,3-7,10-23,25-30H2,1-2H3,(H,60,68)(H,61,69)(H,70,71)/t31?,34?,37?,39?,40-,41?,42?,43?,44?,45?,46?,47?,48?,52?,53?/m0/s1. The summed E-state index contributed by atoms with van der Waals surface area (Å²) in [5, 5.41) is 88.4. The summed E-state index contributed by atoms with van der Waals surface area (Å²) < 4.78 is 32.9. The van der Waals surface area contributed by atoms with Crippen molar-refractivity contribution in [2.45, 2.75) is 171 Å². The van der Waals surface area contributed by atoms with E-state index in [1.54, 1.807) is 6.92 Å². The second-order valence-corrected chi connectivity index (χ2v) is 22.7. The number of carboxylic acids is 1. The molecule has 2 saturated carbocycles. The van der Waals surface area contributed by atoms with Gasteiger partial charge in [0.05, 0.1) is 24.9 Å². The van der Waals surface area contributed by atoms with Gasteiger partial charge in [-0.3, -0.25) is 14.5 Å². The fourth-order valence-electron chi connectivity index (χ4n) is 11.2. The summed E-state index contributed by atoms with van der Waals surface area (Å²) in [5.41, 5.74) is 2.31.